The molecule has 0 bridgehead atoms. The highest BCUT2D eigenvalue weighted by molar-refractivity contribution is 5.93. The second-order valence-electron chi connectivity index (χ2n) is 6.41. The maximum Gasteiger partial charge on any atom is 0.274 e. The second-order valence-corrected chi connectivity index (χ2v) is 6.41. The number of nitrogens with one attached hydrogen (secondary N) is 1. The number of rotatable bonds is 4. The van der Waals surface area contributed by atoms with E-state index in [-0.39, 0.29) is 5.91 Å². The number of carbonyl (C=O) groups excluding carboxylic acids is 1. The van der Waals surface area contributed by atoms with Gasteiger partial charge in [-0.2, -0.15) is 0 Å². The maximum absolute atomic E-state index is 13.7. The zero-order valence-electron chi connectivity index (χ0n) is 13.7. The predicted molar refractivity (Wildman–Crippen MR) is 86.6 cm³/mol. The van der Waals surface area contributed by atoms with Crippen LogP contribution in [0.1, 0.15) is 41.0 Å². The molecule has 0 aliphatic carbocycles. The van der Waals surface area contributed by atoms with Crippen molar-refractivity contribution in [3.63, 3.8) is 0 Å². The highest BCUT2D eigenvalue weighted by atomic mass is 19.1. The summed E-state index contributed by atoms with van der Waals surface area (Å²) in [5.41, 5.74) is 1.78. The highest BCUT2D eigenvalue weighted by Gasteiger charge is 2.26. The van der Waals surface area contributed by atoms with Crippen molar-refractivity contribution < 1.29 is 13.6 Å². The topological polar surface area (TPSA) is 49.0 Å². The standard InChI is InChI=1S/C18H21F2N3O/c1-12-17(22-11-21-12)18(24)23-8-2-3-13(10-23)4-5-14-6-7-15(19)9-16(14)20/h6-7,9,11,13H,2-5,8,10H2,1H3,(H,21,22)/t13-/m1/s1. The van der Waals surface area contributed by atoms with Gasteiger partial charge in [0.15, 0.2) is 0 Å². The van der Waals surface area contributed by atoms with Gasteiger partial charge in [-0.05, 0) is 50.2 Å². The highest BCUT2D eigenvalue weighted by Crippen LogP contribution is 2.24. The number of piperidine rings is 1. The minimum Gasteiger partial charge on any atom is -0.348 e. The van der Waals surface area contributed by atoms with E-state index in [4.69, 9.17) is 0 Å². The van der Waals surface area contributed by atoms with Gasteiger partial charge in [-0.3, -0.25) is 4.79 Å². The van der Waals surface area contributed by atoms with Crippen molar-refractivity contribution in [1.29, 1.82) is 0 Å². The van der Waals surface area contributed by atoms with E-state index in [1.165, 1.54) is 18.5 Å². The number of carbonyl (C=O) groups is 1. The Morgan fingerprint density at radius 1 is 1.42 bits per heavy atom. The van der Waals surface area contributed by atoms with Crippen molar-refractivity contribution in [3.05, 3.63) is 53.1 Å². The number of halogens is 2. The van der Waals surface area contributed by atoms with E-state index in [0.717, 1.165) is 37.6 Å². The third kappa shape index (κ3) is 3.63. The van der Waals surface area contributed by atoms with Crippen molar-refractivity contribution in [1.82, 2.24) is 14.9 Å². The van der Waals surface area contributed by atoms with Crippen LogP contribution >= 0.6 is 0 Å². The monoisotopic (exact) mass is 333 g/mol. The molecule has 0 spiro atoms. The van der Waals surface area contributed by atoms with Crippen LogP contribution in [0.4, 0.5) is 8.78 Å². The number of H-pyrrole nitrogens is 1. The SMILES string of the molecule is Cc1[nH]cnc1C(=O)N1CCC[C@H](CCc2ccc(F)cc2F)C1. The lowest BCUT2D eigenvalue weighted by atomic mass is 9.91. The molecule has 2 heterocycles. The molecule has 4 nitrogen and oxygen atoms in total. The van der Waals surface area contributed by atoms with Gasteiger partial charge in [0.25, 0.3) is 5.91 Å². The van der Waals surface area contributed by atoms with Crippen LogP contribution in [0, 0.1) is 24.5 Å². The Morgan fingerprint density at radius 3 is 2.96 bits per heavy atom. The Balaban J connectivity index is 1.59. The number of aromatic amines is 1. The van der Waals surface area contributed by atoms with Gasteiger partial charge >= 0.3 is 0 Å². The van der Waals surface area contributed by atoms with Crippen LogP contribution in [0.15, 0.2) is 24.5 Å². The summed E-state index contributed by atoms with van der Waals surface area (Å²) < 4.78 is 26.7. The number of hydrogen-bond acceptors (Lipinski definition) is 2. The lowest BCUT2D eigenvalue weighted by Gasteiger charge is -2.32. The van der Waals surface area contributed by atoms with E-state index >= 15 is 0 Å². The Kier molecular flexibility index (Phi) is 4.92. The first-order chi connectivity index (χ1) is 11.5. The number of amides is 1. The van der Waals surface area contributed by atoms with Crippen molar-refractivity contribution in [2.75, 3.05) is 13.1 Å². The van der Waals surface area contributed by atoms with Crippen LogP contribution in [0.25, 0.3) is 0 Å². The third-order valence-corrected chi connectivity index (χ3v) is 4.68. The fourth-order valence-electron chi connectivity index (χ4n) is 3.29. The fourth-order valence-corrected chi connectivity index (χ4v) is 3.29. The van der Waals surface area contributed by atoms with Crippen LogP contribution in [0.5, 0.6) is 0 Å². The Hall–Kier alpha value is -2.24. The van der Waals surface area contributed by atoms with Crippen LogP contribution in [0.2, 0.25) is 0 Å². The fraction of sp³-hybridized carbons (Fsp3) is 0.444. The van der Waals surface area contributed by atoms with Crippen LogP contribution in [-0.2, 0) is 6.42 Å². The van der Waals surface area contributed by atoms with Gasteiger partial charge in [-0.25, -0.2) is 13.8 Å². The van der Waals surface area contributed by atoms with Crippen LogP contribution < -0.4 is 0 Å². The van der Waals surface area contributed by atoms with Crippen LogP contribution in [-0.4, -0.2) is 33.9 Å². The van der Waals surface area contributed by atoms with Crippen molar-refractivity contribution in [2.45, 2.75) is 32.6 Å². The van der Waals surface area contributed by atoms with E-state index in [1.807, 2.05) is 11.8 Å². The number of benzene rings is 1. The number of hydrogen-bond donors (Lipinski definition) is 1. The van der Waals surface area contributed by atoms with Gasteiger partial charge in [0.1, 0.15) is 17.3 Å². The lowest BCUT2D eigenvalue weighted by molar-refractivity contribution is 0.0662. The van der Waals surface area contributed by atoms with Crippen molar-refractivity contribution in [3.8, 4) is 0 Å². The molecule has 128 valence electrons. The smallest absolute Gasteiger partial charge is 0.274 e. The van der Waals surface area contributed by atoms with E-state index < -0.39 is 11.6 Å². The summed E-state index contributed by atoms with van der Waals surface area (Å²) >= 11 is 0. The molecule has 1 saturated heterocycles. The molecule has 1 fully saturated rings. The van der Waals surface area contributed by atoms with E-state index in [9.17, 15) is 13.6 Å². The summed E-state index contributed by atoms with van der Waals surface area (Å²) in [5.74, 6) is -0.774. The average molecular weight is 333 g/mol. The van der Waals surface area contributed by atoms with Crippen LogP contribution in [0.3, 0.4) is 0 Å². The number of imidazole rings is 1. The summed E-state index contributed by atoms with van der Waals surface area (Å²) in [6.07, 6.45) is 4.82. The molecule has 6 heteroatoms. The molecule has 1 aromatic carbocycles. The minimum atomic E-state index is -0.555. The molecule has 2 aromatic rings. The Bertz CT molecular complexity index is 729. The molecule has 1 aliphatic rings. The summed E-state index contributed by atoms with van der Waals surface area (Å²) in [7, 11) is 0. The molecule has 1 atom stereocenters. The van der Waals surface area contributed by atoms with E-state index in [0.29, 0.717) is 30.1 Å². The summed E-state index contributed by atoms with van der Waals surface area (Å²) in [5, 5.41) is 0. The number of aryl methyl sites for hydroxylation is 2. The lowest BCUT2D eigenvalue weighted by Crippen LogP contribution is -2.40. The summed E-state index contributed by atoms with van der Waals surface area (Å²) in [6, 6.07) is 3.71. The first kappa shape index (κ1) is 16.6. The molecule has 3 rings (SSSR count). The minimum absolute atomic E-state index is 0.0496. The van der Waals surface area contributed by atoms with Gasteiger partial charge in [-0.15, -0.1) is 0 Å². The molecule has 1 amide bonds. The zero-order valence-corrected chi connectivity index (χ0v) is 13.7. The Labute approximate surface area is 139 Å². The normalized spacial score (nSPS) is 18.0. The van der Waals surface area contributed by atoms with Gasteiger partial charge in [0, 0.05) is 24.8 Å². The first-order valence-electron chi connectivity index (χ1n) is 8.27. The van der Waals surface area contributed by atoms with Gasteiger partial charge < -0.3 is 9.88 Å². The van der Waals surface area contributed by atoms with Gasteiger partial charge in [0.2, 0.25) is 0 Å². The zero-order chi connectivity index (χ0) is 17.1. The molecule has 0 unspecified atom stereocenters. The van der Waals surface area contributed by atoms with E-state index in [2.05, 4.69) is 9.97 Å². The maximum atomic E-state index is 13.7. The van der Waals surface area contributed by atoms with Gasteiger partial charge in [-0.1, -0.05) is 6.07 Å². The molecule has 1 aliphatic heterocycles. The third-order valence-electron chi connectivity index (χ3n) is 4.68. The number of likely N-dealkylation sites (tertiary alicyclic amines) is 1. The number of aromatic nitrogens is 2. The molecule has 24 heavy (non-hydrogen) atoms. The Morgan fingerprint density at radius 2 is 2.25 bits per heavy atom. The van der Waals surface area contributed by atoms with Gasteiger partial charge in [0.05, 0.1) is 6.33 Å². The second kappa shape index (κ2) is 7.11. The molecule has 1 aromatic heterocycles. The molecule has 1 N–H and O–H groups in total. The largest absolute Gasteiger partial charge is 0.348 e. The average Bonchev–Trinajstić information content (AvgIpc) is 3.00. The molecule has 0 saturated carbocycles. The summed E-state index contributed by atoms with van der Waals surface area (Å²) in [4.78, 5) is 21.4. The number of nitrogens with zero attached hydrogens (tertiary/aromatic N) is 2. The molecule has 0 radical (unpaired) electrons. The van der Waals surface area contributed by atoms with Crippen molar-refractivity contribution >= 4 is 5.91 Å². The molecular formula is C18H21F2N3O. The summed E-state index contributed by atoms with van der Waals surface area (Å²) in [6.45, 7) is 3.22. The van der Waals surface area contributed by atoms with E-state index in [1.54, 1.807) is 0 Å². The predicted octanol–water partition coefficient (Wildman–Crippen LogP) is 3.48. The van der Waals surface area contributed by atoms with Crippen molar-refractivity contribution in [2.24, 2.45) is 5.92 Å². The quantitative estimate of drug-likeness (QED) is 0.931. The first-order valence-corrected chi connectivity index (χ1v) is 8.27. The molecular weight excluding hydrogens is 312 g/mol.